The molecule has 1 heterocycles. The standard InChI is InChI=1S/C16H20N4O4/c1-11(15(23)17-10-6-2-3-9-14(21)22)20-16(24)12-7-4-5-8-13(12)18-19-20/h4-5,7-8,11H,2-3,6,9-10H2,1H3,(H,17,23)(H,21,22)/p-1/t11-/m0/s1. The van der Waals surface area contributed by atoms with E-state index < -0.39 is 12.0 Å². The Morgan fingerprint density at radius 1 is 1.25 bits per heavy atom. The smallest absolute Gasteiger partial charge is 0.278 e. The average Bonchev–Trinajstić information content (AvgIpc) is 2.57. The van der Waals surface area contributed by atoms with Crippen LogP contribution in [0.2, 0.25) is 0 Å². The van der Waals surface area contributed by atoms with Crippen LogP contribution in [0.15, 0.2) is 29.1 Å². The van der Waals surface area contributed by atoms with Gasteiger partial charge in [-0.15, -0.1) is 5.10 Å². The van der Waals surface area contributed by atoms with Gasteiger partial charge in [0.1, 0.15) is 11.6 Å². The molecule has 0 aliphatic heterocycles. The molecule has 1 amide bonds. The third kappa shape index (κ3) is 4.37. The first kappa shape index (κ1) is 17.6. The van der Waals surface area contributed by atoms with E-state index in [0.29, 0.717) is 36.7 Å². The van der Waals surface area contributed by atoms with Crippen molar-refractivity contribution in [2.24, 2.45) is 0 Å². The van der Waals surface area contributed by atoms with Gasteiger partial charge >= 0.3 is 0 Å². The van der Waals surface area contributed by atoms with Gasteiger partial charge in [-0.3, -0.25) is 9.59 Å². The number of hydrogen-bond acceptors (Lipinski definition) is 6. The molecule has 8 heteroatoms. The van der Waals surface area contributed by atoms with Crippen molar-refractivity contribution in [1.29, 1.82) is 0 Å². The van der Waals surface area contributed by atoms with Gasteiger partial charge in [-0.25, -0.2) is 0 Å². The molecule has 0 fully saturated rings. The van der Waals surface area contributed by atoms with Crippen LogP contribution in [0.25, 0.3) is 10.9 Å². The molecule has 0 aliphatic carbocycles. The molecule has 0 spiro atoms. The molecule has 8 nitrogen and oxygen atoms in total. The third-order valence-electron chi connectivity index (χ3n) is 3.69. The van der Waals surface area contributed by atoms with Gasteiger partial charge in [0.15, 0.2) is 0 Å². The van der Waals surface area contributed by atoms with Crippen LogP contribution in [-0.2, 0) is 9.59 Å². The summed E-state index contributed by atoms with van der Waals surface area (Å²) in [6.07, 6.45) is 1.87. The maximum Gasteiger partial charge on any atom is 0.278 e. The number of nitrogens with zero attached hydrogens (tertiary/aromatic N) is 3. The molecule has 0 aliphatic rings. The summed E-state index contributed by atoms with van der Waals surface area (Å²) in [5.74, 6) is -1.40. The molecule has 128 valence electrons. The number of benzene rings is 1. The lowest BCUT2D eigenvalue weighted by Gasteiger charge is -2.13. The molecule has 1 aromatic heterocycles. The molecule has 0 bridgehead atoms. The molecule has 2 aromatic rings. The van der Waals surface area contributed by atoms with Crippen molar-refractivity contribution >= 4 is 22.8 Å². The number of aromatic nitrogens is 3. The number of fused-ring (bicyclic) bond motifs is 1. The number of aliphatic carboxylic acids is 1. The van der Waals surface area contributed by atoms with Gasteiger partial charge in [-0.2, -0.15) is 4.68 Å². The number of unbranched alkanes of at least 4 members (excludes halogenated alkanes) is 2. The Kier molecular flexibility index (Phi) is 6.00. The number of rotatable bonds is 8. The number of carbonyl (C=O) groups is 2. The molecule has 2 rings (SSSR count). The zero-order valence-corrected chi connectivity index (χ0v) is 13.4. The van der Waals surface area contributed by atoms with Crippen molar-refractivity contribution in [1.82, 2.24) is 20.3 Å². The van der Waals surface area contributed by atoms with Gasteiger partial charge in [-0.05, 0) is 38.3 Å². The fourth-order valence-electron chi connectivity index (χ4n) is 2.30. The first-order valence-corrected chi connectivity index (χ1v) is 7.82. The van der Waals surface area contributed by atoms with E-state index in [2.05, 4.69) is 15.6 Å². The molecule has 1 aromatic carbocycles. The van der Waals surface area contributed by atoms with Crippen molar-refractivity contribution in [3.05, 3.63) is 34.6 Å². The summed E-state index contributed by atoms with van der Waals surface area (Å²) in [4.78, 5) is 34.8. The van der Waals surface area contributed by atoms with Crippen molar-refractivity contribution in [3.63, 3.8) is 0 Å². The Balaban J connectivity index is 1.92. The first-order chi connectivity index (χ1) is 11.5. The van der Waals surface area contributed by atoms with Crippen LogP contribution in [-0.4, -0.2) is 33.4 Å². The van der Waals surface area contributed by atoms with Gasteiger partial charge in [0, 0.05) is 12.5 Å². The molecule has 1 atom stereocenters. The van der Waals surface area contributed by atoms with E-state index in [9.17, 15) is 19.5 Å². The molecule has 0 saturated heterocycles. The fourth-order valence-corrected chi connectivity index (χ4v) is 2.30. The summed E-state index contributed by atoms with van der Waals surface area (Å²) in [5.41, 5.74) is 0.122. The molecular formula is C16H19N4O4-. The summed E-state index contributed by atoms with van der Waals surface area (Å²) in [6.45, 7) is 1.99. The molecule has 1 N–H and O–H groups in total. The minimum atomic E-state index is -1.07. The van der Waals surface area contributed by atoms with E-state index in [1.807, 2.05) is 0 Å². The minimum Gasteiger partial charge on any atom is -0.550 e. The number of carbonyl (C=O) groups excluding carboxylic acids is 2. The van der Waals surface area contributed by atoms with Crippen LogP contribution < -0.4 is 16.0 Å². The van der Waals surface area contributed by atoms with E-state index in [0.717, 1.165) is 4.68 Å². The van der Waals surface area contributed by atoms with Crippen LogP contribution in [0.3, 0.4) is 0 Å². The summed E-state index contributed by atoms with van der Waals surface area (Å²) >= 11 is 0. The zero-order chi connectivity index (χ0) is 17.5. The second kappa shape index (κ2) is 8.19. The summed E-state index contributed by atoms with van der Waals surface area (Å²) in [5, 5.41) is 21.2. The van der Waals surface area contributed by atoms with Gasteiger partial charge < -0.3 is 15.2 Å². The van der Waals surface area contributed by atoms with Crippen molar-refractivity contribution < 1.29 is 14.7 Å². The van der Waals surface area contributed by atoms with E-state index in [4.69, 9.17) is 0 Å². The maximum absolute atomic E-state index is 12.4. The summed E-state index contributed by atoms with van der Waals surface area (Å²) < 4.78 is 1.06. The van der Waals surface area contributed by atoms with E-state index in [-0.39, 0.29) is 17.9 Å². The second-order valence-electron chi connectivity index (χ2n) is 5.51. The Labute approximate surface area is 138 Å². The number of amides is 1. The molecule has 0 radical (unpaired) electrons. The Bertz CT molecular complexity index is 787. The van der Waals surface area contributed by atoms with Crippen LogP contribution in [0, 0.1) is 0 Å². The predicted octanol–water partition coefficient (Wildman–Crippen LogP) is -0.221. The largest absolute Gasteiger partial charge is 0.550 e. The summed E-state index contributed by atoms with van der Waals surface area (Å²) in [7, 11) is 0. The number of nitrogens with one attached hydrogen (secondary N) is 1. The normalized spacial score (nSPS) is 12.0. The SMILES string of the molecule is C[C@@H](C(=O)NCCCCCC(=O)[O-])n1nnc2ccccc2c1=O. The number of carboxylic acids is 1. The van der Waals surface area contributed by atoms with E-state index in [1.165, 1.54) is 0 Å². The average molecular weight is 331 g/mol. The monoisotopic (exact) mass is 331 g/mol. The number of carboxylic acid groups (broad SMARTS) is 1. The van der Waals surface area contributed by atoms with Gasteiger partial charge in [0.05, 0.1) is 5.39 Å². The van der Waals surface area contributed by atoms with Gasteiger partial charge in [0.25, 0.3) is 5.56 Å². The van der Waals surface area contributed by atoms with Crippen molar-refractivity contribution in [3.8, 4) is 0 Å². The Morgan fingerprint density at radius 2 is 2.00 bits per heavy atom. The van der Waals surface area contributed by atoms with Crippen LogP contribution >= 0.6 is 0 Å². The topological polar surface area (TPSA) is 117 Å². The van der Waals surface area contributed by atoms with Crippen LogP contribution in [0.5, 0.6) is 0 Å². The second-order valence-corrected chi connectivity index (χ2v) is 5.51. The van der Waals surface area contributed by atoms with Crippen LogP contribution in [0.4, 0.5) is 0 Å². The highest BCUT2D eigenvalue weighted by atomic mass is 16.4. The van der Waals surface area contributed by atoms with E-state index >= 15 is 0 Å². The number of hydrogen-bond donors (Lipinski definition) is 1. The molecule has 0 saturated carbocycles. The lowest BCUT2D eigenvalue weighted by Crippen LogP contribution is -2.38. The molecular weight excluding hydrogens is 312 g/mol. The molecule has 24 heavy (non-hydrogen) atoms. The minimum absolute atomic E-state index is 0.0203. The quantitative estimate of drug-likeness (QED) is 0.668. The maximum atomic E-state index is 12.4. The highest BCUT2D eigenvalue weighted by molar-refractivity contribution is 5.81. The lowest BCUT2D eigenvalue weighted by atomic mass is 10.2. The molecule has 0 unspecified atom stereocenters. The first-order valence-electron chi connectivity index (χ1n) is 7.82. The Morgan fingerprint density at radius 3 is 2.75 bits per heavy atom. The van der Waals surface area contributed by atoms with E-state index in [1.54, 1.807) is 31.2 Å². The van der Waals surface area contributed by atoms with Crippen molar-refractivity contribution in [2.75, 3.05) is 6.54 Å². The van der Waals surface area contributed by atoms with Crippen molar-refractivity contribution in [2.45, 2.75) is 38.6 Å². The van der Waals surface area contributed by atoms with Gasteiger partial charge in [0.2, 0.25) is 5.91 Å². The zero-order valence-electron chi connectivity index (χ0n) is 13.4. The predicted molar refractivity (Wildman–Crippen MR) is 85.0 cm³/mol. The highest BCUT2D eigenvalue weighted by Gasteiger charge is 2.18. The fraction of sp³-hybridized carbons (Fsp3) is 0.438. The lowest BCUT2D eigenvalue weighted by molar-refractivity contribution is -0.305. The van der Waals surface area contributed by atoms with Gasteiger partial charge in [-0.1, -0.05) is 23.8 Å². The highest BCUT2D eigenvalue weighted by Crippen LogP contribution is 2.07. The third-order valence-corrected chi connectivity index (χ3v) is 3.69. The summed E-state index contributed by atoms with van der Waals surface area (Å²) in [6, 6.07) is 6.04. The van der Waals surface area contributed by atoms with Crippen LogP contribution in [0.1, 0.15) is 38.6 Å². The Hall–Kier alpha value is -2.77.